The normalized spacial score (nSPS) is 21.2. The number of hydrogen-bond donors (Lipinski definition) is 2. The molecule has 0 aromatic heterocycles. The van der Waals surface area contributed by atoms with Crippen LogP contribution in [-0.2, 0) is 9.53 Å². The van der Waals surface area contributed by atoms with Gasteiger partial charge in [-0.1, -0.05) is 17.7 Å². The molecule has 1 aromatic carbocycles. The molecule has 1 aliphatic heterocycles. The number of ether oxygens (including phenoxy) is 1. The average molecular weight is 460 g/mol. The predicted octanol–water partition coefficient (Wildman–Crippen LogP) is 3.25. The number of carbonyl (C=O) groups is 2. The zero-order valence-electron chi connectivity index (χ0n) is 13.2. The van der Waals surface area contributed by atoms with Gasteiger partial charge in [-0.2, -0.15) is 8.78 Å². The minimum absolute atomic E-state index is 0.0280. The van der Waals surface area contributed by atoms with Gasteiger partial charge in [-0.15, -0.1) is 0 Å². The lowest BCUT2D eigenvalue weighted by Crippen LogP contribution is -2.43. The molecule has 0 bridgehead atoms. The van der Waals surface area contributed by atoms with E-state index in [1.807, 2.05) is 15.9 Å². The zero-order valence-corrected chi connectivity index (χ0v) is 15.6. The Kier molecular flexibility index (Phi) is 6.75. The molecule has 144 valence electrons. The second-order valence-electron chi connectivity index (χ2n) is 5.66. The summed E-state index contributed by atoms with van der Waals surface area (Å²) in [6.45, 7) is -0.293. The van der Waals surface area contributed by atoms with Gasteiger partial charge in [0, 0.05) is 41.5 Å². The van der Waals surface area contributed by atoms with Crippen LogP contribution in [0.3, 0.4) is 0 Å². The number of halogens is 5. The highest BCUT2D eigenvalue weighted by atomic mass is 79.9. The van der Waals surface area contributed by atoms with Gasteiger partial charge in [-0.05, 0) is 17.7 Å². The molecule has 1 aliphatic rings. The molecule has 1 saturated heterocycles. The Bertz CT molecular complexity index is 689. The third kappa shape index (κ3) is 5.24. The number of carboxylic acid groups (broad SMARTS) is 1. The molecular formula is C15H15BrClF3N2O4. The van der Waals surface area contributed by atoms with E-state index in [4.69, 9.17) is 16.3 Å². The van der Waals surface area contributed by atoms with Gasteiger partial charge in [0.1, 0.15) is 5.82 Å². The van der Waals surface area contributed by atoms with Gasteiger partial charge in [-0.3, -0.25) is 4.79 Å². The van der Waals surface area contributed by atoms with E-state index in [0.29, 0.717) is 5.56 Å². The van der Waals surface area contributed by atoms with Crippen molar-refractivity contribution in [3.05, 3.63) is 34.6 Å². The monoisotopic (exact) mass is 458 g/mol. The first kappa shape index (κ1) is 20.8. The fraction of sp³-hybridized carbons (Fsp3) is 0.467. The Morgan fingerprint density at radius 1 is 1.46 bits per heavy atom. The first-order valence-corrected chi connectivity index (χ1v) is 8.66. The molecule has 1 fully saturated rings. The van der Waals surface area contributed by atoms with Crippen LogP contribution in [0, 0.1) is 11.7 Å². The average Bonchev–Trinajstić information content (AvgIpc) is 2.77. The van der Waals surface area contributed by atoms with E-state index < -0.39 is 34.7 Å². The van der Waals surface area contributed by atoms with Crippen molar-refractivity contribution in [1.29, 1.82) is 0 Å². The summed E-state index contributed by atoms with van der Waals surface area (Å²) in [5.74, 6) is -2.97. The van der Waals surface area contributed by atoms with Crippen LogP contribution in [0.5, 0.6) is 0 Å². The molecule has 11 heteroatoms. The molecule has 0 saturated carbocycles. The third-order valence-electron chi connectivity index (χ3n) is 3.87. The number of alkyl halides is 3. The largest absolute Gasteiger partial charge is 0.465 e. The van der Waals surface area contributed by atoms with Crippen LogP contribution in [0.1, 0.15) is 11.7 Å². The van der Waals surface area contributed by atoms with E-state index in [1.54, 1.807) is 0 Å². The van der Waals surface area contributed by atoms with Crippen molar-refractivity contribution >= 4 is 39.5 Å². The molecule has 0 radical (unpaired) electrons. The third-order valence-corrected chi connectivity index (χ3v) is 4.53. The maximum Gasteiger partial charge on any atom is 0.407 e. The zero-order chi connectivity index (χ0) is 19.5. The summed E-state index contributed by atoms with van der Waals surface area (Å²) < 4.78 is 45.4. The van der Waals surface area contributed by atoms with Gasteiger partial charge < -0.3 is 20.1 Å². The van der Waals surface area contributed by atoms with E-state index in [1.165, 1.54) is 12.1 Å². The number of nitrogens with one attached hydrogen (secondary N) is 1. The highest BCUT2D eigenvalue weighted by Crippen LogP contribution is 2.31. The molecule has 2 amide bonds. The van der Waals surface area contributed by atoms with Crippen molar-refractivity contribution in [3.63, 3.8) is 0 Å². The summed E-state index contributed by atoms with van der Waals surface area (Å²) in [6, 6.07) is 3.95. The van der Waals surface area contributed by atoms with E-state index >= 15 is 0 Å². The van der Waals surface area contributed by atoms with Crippen LogP contribution >= 0.6 is 27.5 Å². The molecule has 26 heavy (non-hydrogen) atoms. The fourth-order valence-corrected chi connectivity index (χ4v) is 2.88. The van der Waals surface area contributed by atoms with Crippen LogP contribution < -0.4 is 5.32 Å². The highest BCUT2D eigenvalue weighted by molar-refractivity contribution is 9.10. The molecule has 1 aromatic rings. The fourth-order valence-electron chi connectivity index (χ4n) is 2.62. The van der Waals surface area contributed by atoms with Gasteiger partial charge in [0.05, 0.1) is 17.7 Å². The lowest BCUT2D eigenvalue weighted by atomic mass is 9.95. The van der Waals surface area contributed by atoms with Crippen LogP contribution in [0.2, 0.25) is 5.02 Å². The molecule has 0 spiro atoms. The summed E-state index contributed by atoms with van der Waals surface area (Å²) in [4.78, 5) is 20.0. The maximum atomic E-state index is 13.8. The molecule has 0 unspecified atom stereocenters. The number of hydrogen-bond acceptors (Lipinski definition) is 3. The summed E-state index contributed by atoms with van der Waals surface area (Å²) in [7, 11) is 0. The minimum atomic E-state index is -3.76. The van der Waals surface area contributed by atoms with Gasteiger partial charge in [-0.25, -0.2) is 9.18 Å². The van der Waals surface area contributed by atoms with Gasteiger partial charge in [0.15, 0.2) is 0 Å². The Balaban J connectivity index is 2.25. The van der Waals surface area contributed by atoms with Crippen molar-refractivity contribution in [2.45, 2.75) is 10.9 Å². The smallest absolute Gasteiger partial charge is 0.407 e. The minimum Gasteiger partial charge on any atom is -0.465 e. The van der Waals surface area contributed by atoms with Crippen LogP contribution in [0.4, 0.5) is 18.0 Å². The Hall–Kier alpha value is -1.52. The van der Waals surface area contributed by atoms with Crippen LogP contribution in [-0.4, -0.2) is 53.1 Å². The molecule has 0 aliphatic carbocycles. The Morgan fingerprint density at radius 2 is 2.15 bits per heavy atom. The lowest BCUT2D eigenvalue weighted by molar-refractivity contribution is -0.134. The van der Waals surface area contributed by atoms with Crippen molar-refractivity contribution in [1.82, 2.24) is 10.2 Å². The first-order chi connectivity index (χ1) is 12.1. The van der Waals surface area contributed by atoms with Crippen molar-refractivity contribution in [3.8, 4) is 0 Å². The summed E-state index contributed by atoms with van der Waals surface area (Å²) >= 11 is 7.61. The van der Waals surface area contributed by atoms with Crippen molar-refractivity contribution in [2.24, 2.45) is 5.92 Å². The van der Waals surface area contributed by atoms with Crippen LogP contribution in [0.25, 0.3) is 0 Å². The summed E-state index contributed by atoms with van der Waals surface area (Å²) in [6.07, 6.45) is -2.02. The van der Waals surface area contributed by atoms with E-state index in [-0.39, 0.29) is 31.3 Å². The highest BCUT2D eigenvalue weighted by Gasteiger charge is 2.37. The summed E-state index contributed by atoms with van der Waals surface area (Å²) in [5.41, 5.74) is 0.365. The first-order valence-electron chi connectivity index (χ1n) is 7.49. The number of benzene rings is 1. The van der Waals surface area contributed by atoms with E-state index in [2.05, 4.69) is 5.32 Å². The Morgan fingerprint density at radius 3 is 2.73 bits per heavy atom. The number of carbonyl (C=O) groups excluding carboxylic acids is 1. The second-order valence-corrected chi connectivity index (χ2v) is 7.06. The molecule has 2 atom stereocenters. The molecule has 2 rings (SSSR count). The second kappa shape index (κ2) is 8.45. The Labute approximate surface area is 160 Å². The topological polar surface area (TPSA) is 78.9 Å². The standard InChI is InChI=1S/C15H15BrClF3N2O4/c16-15(19,20)13(23)21-6-9-7-22(14(24)25)3-4-26-12(9)8-1-2-10(17)11(18)5-8/h1-2,5,9,12H,3-4,6-7H2,(H,21,23)(H,24,25)/t9-,12+/m1/s1. The molecule has 1 heterocycles. The van der Waals surface area contributed by atoms with Crippen LogP contribution in [0.15, 0.2) is 18.2 Å². The van der Waals surface area contributed by atoms with Crippen molar-refractivity contribution in [2.75, 3.05) is 26.2 Å². The maximum absolute atomic E-state index is 13.8. The van der Waals surface area contributed by atoms with E-state index in [9.17, 15) is 27.9 Å². The van der Waals surface area contributed by atoms with Gasteiger partial charge in [0.2, 0.25) is 0 Å². The van der Waals surface area contributed by atoms with Gasteiger partial charge in [0.25, 0.3) is 0 Å². The quantitative estimate of drug-likeness (QED) is 0.678. The SMILES string of the molecule is O=C(O)N1CCO[C@@H](c2ccc(Cl)c(F)c2)[C@H](CNC(=O)C(F)(F)Br)C1. The number of rotatable bonds is 4. The van der Waals surface area contributed by atoms with Gasteiger partial charge >= 0.3 is 16.8 Å². The molecule has 6 nitrogen and oxygen atoms in total. The summed E-state index contributed by atoms with van der Waals surface area (Å²) in [5, 5.41) is 11.2. The van der Waals surface area contributed by atoms with Crippen molar-refractivity contribution < 1.29 is 32.6 Å². The predicted molar refractivity (Wildman–Crippen MR) is 90.1 cm³/mol. The lowest BCUT2D eigenvalue weighted by Gasteiger charge is -2.27. The number of nitrogens with zero attached hydrogens (tertiary/aromatic N) is 1. The molecular weight excluding hydrogens is 445 g/mol. The van der Waals surface area contributed by atoms with E-state index in [0.717, 1.165) is 11.0 Å². The molecule has 2 N–H and O–H groups in total. The number of amides is 2.